The molecule has 1 aromatic rings. The van der Waals surface area contributed by atoms with Crippen molar-refractivity contribution in [3.63, 3.8) is 0 Å². The summed E-state index contributed by atoms with van der Waals surface area (Å²) in [6.07, 6.45) is -0.0161. The molecule has 1 atom stereocenters. The zero-order valence-electron chi connectivity index (χ0n) is 11.5. The molecule has 0 bridgehead atoms. The first-order chi connectivity index (χ1) is 9.74. The van der Waals surface area contributed by atoms with Gasteiger partial charge in [-0.15, -0.1) is 0 Å². The van der Waals surface area contributed by atoms with E-state index in [1.165, 1.54) is 5.56 Å². The Morgan fingerprint density at radius 3 is 2.65 bits per heavy atom. The Kier molecular flexibility index (Phi) is 3.89. The molecule has 1 amide bonds. The quantitative estimate of drug-likeness (QED) is 0.887. The summed E-state index contributed by atoms with van der Waals surface area (Å²) >= 11 is 0. The fraction of sp³-hybridized carbons (Fsp3) is 0.533. The number of hydrogen-bond acceptors (Lipinski definition) is 3. The second-order valence-electron chi connectivity index (χ2n) is 5.45. The Hall–Kier alpha value is -1.59. The van der Waals surface area contributed by atoms with Crippen LogP contribution in [0.4, 0.5) is 4.79 Å². The monoisotopic (exact) mass is 276 g/mol. The second kappa shape index (κ2) is 5.81. The molecule has 108 valence electrons. The molecule has 3 rings (SSSR count). The Labute approximate surface area is 118 Å². The highest BCUT2D eigenvalue weighted by Gasteiger charge is 2.31. The van der Waals surface area contributed by atoms with Crippen molar-refractivity contribution in [2.45, 2.75) is 19.0 Å². The molecule has 5 nitrogen and oxygen atoms in total. The number of hydrogen-bond donors (Lipinski definition) is 1. The van der Waals surface area contributed by atoms with Crippen molar-refractivity contribution >= 4 is 6.09 Å². The molecule has 1 N–H and O–H groups in total. The third-order valence-corrected chi connectivity index (χ3v) is 4.17. The molecule has 20 heavy (non-hydrogen) atoms. The van der Waals surface area contributed by atoms with E-state index >= 15 is 0 Å². The van der Waals surface area contributed by atoms with E-state index in [1.807, 2.05) is 18.2 Å². The molecule has 2 aliphatic rings. The van der Waals surface area contributed by atoms with Crippen LogP contribution in [-0.2, 0) is 17.7 Å². The van der Waals surface area contributed by atoms with E-state index in [4.69, 9.17) is 4.74 Å². The Morgan fingerprint density at radius 2 is 1.95 bits per heavy atom. The zero-order valence-corrected chi connectivity index (χ0v) is 11.5. The summed E-state index contributed by atoms with van der Waals surface area (Å²) in [6.45, 7) is 4.58. The molecular weight excluding hydrogens is 256 g/mol. The van der Waals surface area contributed by atoms with Gasteiger partial charge in [-0.05, 0) is 17.5 Å². The zero-order chi connectivity index (χ0) is 13.9. The van der Waals surface area contributed by atoms with Gasteiger partial charge in [0.2, 0.25) is 0 Å². The maximum Gasteiger partial charge on any atom is 0.407 e. The lowest BCUT2D eigenvalue weighted by atomic mass is 9.94. The van der Waals surface area contributed by atoms with Crippen molar-refractivity contribution in [2.75, 3.05) is 32.8 Å². The number of nitrogens with zero attached hydrogens (tertiary/aromatic N) is 2. The SMILES string of the molecule is O=C(O)N1Cc2ccccc2CC1CN1CCOCC1. The van der Waals surface area contributed by atoms with Gasteiger partial charge >= 0.3 is 6.09 Å². The highest BCUT2D eigenvalue weighted by Crippen LogP contribution is 2.24. The molecule has 0 aliphatic carbocycles. The van der Waals surface area contributed by atoms with Crippen LogP contribution in [-0.4, -0.2) is 59.9 Å². The van der Waals surface area contributed by atoms with Crippen LogP contribution in [0.25, 0.3) is 0 Å². The number of carboxylic acid groups (broad SMARTS) is 1. The van der Waals surface area contributed by atoms with Gasteiger partial charge in [-0.2, -0.15) is 0 Å². The van der Waals surface area contributed by atoms with Crippen LogP contribution >= 0.6 is 0 Å². The molecule has 5 heteroatoms. The molecule has 0 saturated carbocycles. The molecule has 2 heterocycles. The van der Waals surface area contributed by atoms with E-state index in [9.17, 15) is 9.90 Å². The summed E-state index contributed by atoms with van der Waals surface area (Å²) in [5, 5.41) is 9.45. The number of amides is 1. The molecule has 0 radical (unpaired) electrons. The lowest BCUT2D eigenvalue weighted by molar-refractivity contribution is 0.0211. The van der Waals surface area contributed by atoms with E-state index < -0.39 is 6.09 Å². The number of fused-ring (bicyclic) bond motifs is 1. The summed E-state index contributed by atoms with van der Waals surface area (Å²) in [4.78, 5) is 15.4. The molecule has 1 unspecified atom stereocenters. The molecule has 2 aliphatic heterocycles. The van der Waals surface area contributed by atoms with Crippen LogP contribution in [0.3, 0.4) is 0 Å². The number of benzene rings is 1. The highest BCUT2D eigenvalue weighted by atomic mass is 16.5. The van der Waals surface area contributed by atoms with Gasteiger partial charge in [0.25, 0.3) is 0 Å². The van der Waals surface area contributed by atoms with Crippen LogP contribution in [0, 0.1) is 0 Å². The molecule has 0 spiro atoms. The van der Waals surface area contributed by atoms with Crippen molar-refractivity contribution in [1.29, 1.82) is 0 Å². The van der Waals surface area contributed by atoms with Crippen LogP contribution in [0.1, 0.15) is 11.1 Å². The van der Waals surface area contributed by atoms with E-state index in [2.05, 4.69) is 11.0 Å². The topological polar surface area (TPSA) is 53.0 Å². The molecule has 1 saturated heterocycles. The van der Waals surface area contributed by atoms with E-state index in [0.717, 1.165) is 44.8 Å². The van der Waals surface area contributed by atoms with Gasteiger partial charge in [-0.25, -0.2) is 4.79 Å². The fourth-order valence-corrected chi connectivity index (χ4v) is 3.06. The minimum absolute atomic E-state index is 0.0421. The van der Waals surface area contributed by atoms with Crippen LogP contribution in [0.2, 0.25) is 0 Å². The third-order valence-electron chi connectivity index (χ3n) is 4.17. The Bertz CT molecular complexity index is 486. The van der Waals surface area contributed by atoms with E-state index in [0.29, 0.717) is 6.54 Å². The summed E-state index contributed by atoms with van der Waals surface area (Å²) < 4.78 is 5.35. The van der Waals surface area contributed by atoms with Gasteiger partial charge in [0.15, 0.2) is 0 Å². The predicted molar refractivity (Wildman–Crippen MR) is 74.8 cm³/mol. The maximum absolute atomic E-state index is 11.5. The first kappa shape index (κ1) is 13.4. The predicted octanol–water partition coefficient (Wildman–Crippen LogP) is 1.42. The largest absolute Gasteiger partial charge is 0.465 e. The van der Waals surface area contributed by atoms with Crippen LogP contribution in [0.15, 0.2) is 24.3 Å². The average molecular weight is 276 g/mol. The minimum atomic E-state index is -0.822. The van der Waals surface area contributed by atoms with Gasteiger partial charge in [-0.1, -0.05) is 24.3 Å². The molecule has 0 aromatic heterocycles. The van der Waals surface area contributed by atoms with E-state index in [1.54, 1.807) is 4.90 Å². The summed E-state index contributed by atoms with van der Waals surface area (Å²) in [5.41, 5.74) is 2.41. The third kappa shape index (κ3) is 2.78. The van der Waals surface area contributed by atoms with Gasteiger partial charge in [0, 0.05) is 26.2 Å². The highest BCUT2D eigenvalue weighted by molar-refractivity contribution is 5.66. The lowest BCUT2D eigenvalue weighted by Crippen LogP contribution is -2.51. The van der Waals surface area contributed by atoms with Gasteiger partial charge < -0.3 is 9.84 Å². The number of carbonyl (C=O) groups is 1. The maximum atomic E-state index is 11.5. The molecular formula is C15H20N2O3. The van der Waals surface area contributed by atoms with Gasteiger partial charge in [-0.3, -0.25) is 9.80 Å². The first-order valence-electron chi connectivity index (χ1n) is 7.10. The van der Waals surface area contributed by atoms with Gasteiger partial charge in [0.1, 0.15) is 0 Å². The average Bonchev–Trinajstić information content (AvgIpc) is 2.47. The first-order valence-corrected chi connectivity index (χ1v) is 7.10. The normalized spacial score (nSPS) is 23.4. The van der Waals surface area contributed by atoms with Crippen molar-refractivity contribution < 1.29 is 14.6 Å². The summed E-state index contributed by atoms with van der Waals surface area (Å²) in [5.74, 6) is 0. The summed E-state index contributed by atoms with van der Waals surface area (Å²) in [7, 11) is 0. The molecule has 1 aromatic carbocycles. The van der Waals surface area contributed by atoms with Crippen molar-refractivity contribution in [3.8, 4) is 0 Å². The Morgan fingerprint density at radius 1 is 1.25 bits per heavy atom. The number of morpholine rings is 1. The Balaban J connectivity index is 1.75. The van der Waals surface area contributed by atoms with Crippen molar-refractivity contribution in [1.82, 2.24) is 9.80 Å². The van der Waals surface area contributed by atoms with Crippen LogP contribution in [0.5, 0.6) is 0 Å². The molecule has 1 fully saturated rings. The fourth-order valence-electron chi connectivity index (χ4n) is 3.06. The van der Waals surface area contributed by atoms with E-state index in [-0.39, 0.29) is 6.04 Å². The second-order valence-corrected chi connectivity index (χ2v) is 5.45. The smallest absolute Gasteiger partial charge is 0.407 e. The lowest BCUT2D eigenvalue weighted by Gasteiger charge is -2.38. The van der Waals surface area contributed by atoms with Gasteiger partial charge in [0.05, 0.1) is 19.3 Å². The van der Waals surface area contributed by atoms with Crippen LogP contribution < -0.4 is 0 Å². The minimum Gasteiger partial charge on any atom is -0.465 e. The standard InChI is InChI=1S/C15H20N2O3/c18-15(19)17-10-13-4-2-1-3-12(13)9-14(17)11-16-5-7-20-8-6-16/h1-4,14H,5-11H2,(H,18,19). The summed E-state index contributed by atoms with van der Waals surface area (Å²) in [6, 6.07) is 8.18. The number of ether oxygens (including phenoxy) is 1. The number of rotatable bonds is 2. The van der Waals surface area contributed by atoms with Crippen molar-refractivity contribution in [2.24, 2.45) is 0 Å². The van der Waals surface area contributed by atoms with Crippen molar-refractivity contribution in [3.05, 3.63) is 35.4 Å².